The molecule has 4 nitrogen and oxygen atoms in total. The van der Waals surface area contributed by atoms with Crippen LogP contribution in [0.5, 0.6) is 11.5 Å². The van der Waals surface area contributed by atoms with E-state index in [0.29, 0.717) is 24.7 Å². The van der Waals surface area contributed by atoms with Crippen molar-refractivity contribution in [2.75, 3.05) is 20.3 Å². The molecule has 3 N–H and O–H groups in total. The Balaban J connectivity index is 2.62. The van der Waals surface area contributed by atoms with Gasteiger partial charge in [0.25, 0.3) is 0 Å². The van der Waals surface area contributed by atoms with Gasteiger partial charge in [0.05, 0.1) is 20.3 Å². The number of aliphatic hydroxyl groups is 1. The van der Waals surface area contributed by atoms with Gasteiger partial charge in [0.15, 0.2) is 11.5 Å². The molecule has 0 radical (unpaired) electrons. The van der Waals surface area contributed by atoms with E-state index in [1.54, 1.807) is 13.2 Å². The predicted molar refractivity (Wildman–Crippen MR) is 71.9 cm³/mol. The standard InChI is InChI=1S/C14H23NO3/c1-14(2,10-15)6-7-18-12-5-4-11(9-16)8-13(12)17-3/h4-5,8,16H,6-7,9-10,15H2,1-3H3. The first-order valence-corrected chi connectivity index (χ1v) is 6.13. The summed E-state index contributed by atoms with van der Waals surface area (Å²) >= 11 is 0. The summed E-state index contributed by atoms with van der Waals surface area (Å²) in [7, 11) is 1.59. The lowest BCUT2D eigenvalue weighted by atomic mass is 9.90. The molecule has 1 rings (SSSR count). The molecule has 0 aliphatic heterocycles. The van der Waals surface area contributed by atoms with Crippen LogP contribution in [-0.4, -0.2) is 25.4 Å². The van der Waals surface area contributed by atoms with Crippen molar-refractivity contribution in [3.63, 3.8) is 0 Å². The molecule has 0 aromatic heterocycles. The average molecular weight is 253 g/mol. The maximum atomic E-state index is 9.05. The molecule has 102 valence electrons. The van der Waals surface area contributed by atoms with Crippen molar-refractivity contribution in [2.45, 2.75) is 26.9 Å². The highest BCUT2D eigenvalue weighted by atomic mass is 16.5. The minimum atomic E-state index is -0.00313. The van der Waals surface area contributed by atoms with E-state index >= 15 is 0 Å². The molecule has 4 heteroatoms. The summed E-state index contributed by atoms with van der Waals surface area (Å²) in [6, 6.07) is 5.43. The van der Waals surface area contributed by atoms with Gasteiger partial charge in [-0.3, -0.25) is 0 Å². The van der Waals surface area contributed by atoms with Crippen LogP contribution < -0.4 is 15.2 Å². The van der Waals surface area contributed by atoms with Crippen molar-refractivity contribution in [3.05, 3.63) is 23.8 Å². The molecule has 0 fully saturated rings. The molecular weight excluding hydrogens is 230 g/mol. The molecule has 1 aromatic rings. The lowest BCUT2D eigenvalue weighted by molar-refractivity contribution is 0.225. The Morgan fingerprint density at radius 3 is 2.56 bits per heavy atom. The van der Waals surface area contributed by atoms with E-state index in [4.69, 9.17) is 20.3 Å². The summed E-state index contributed by atoms with van der Waals surface area (Å²) in [5.41, 5.74) is 6.56. The number of aliphatic hydroxyl groups excluding tert-OH is 1. The Kier molecular flexibility index (Phi) is 5.44. The van der Waals surface area contributed by atoms with Gasteiger partial charge in [-0.1, -0.05) is 19.9 Å². The average Bonchev–Trinajstić information content (AvgIpc) is 2.38. The fraction of sp³-hybridized carbons (Fsp3) is 0.571. The van der Waals surface area contributed by atoms with E-state index in [-0.39, 0.29) is 12.0 Å². The quantitative estimate of drug-likeness (QED) is 0.779. The highest BCUT2D eigenvalue weighted by molar-refractivity contribution is 5.42. The summed E-state index contributed by atoms with van der Waals surface area (Å²) in [6.07, 6.45) is 0.883. The largest absolute Gasteiger partial charge is 0.493 e. The summed E-state index contributed by atoms with van der Waals surface area (Å²) in [4.78, 5) is 0. The van der Waals surface area contributed by atoms with Crippen LogP contribution in [0.4, 0.5) is 0 Å². The number of ether oxygens (including phenoxy) is 2. The number of benzene rings is 1. The molecule has 0 unspecified atom stereocenters. The van der Waals surface area contributed by atoms with Gasteiger partial charge in [0, 0.05) is 0 Å². The smallest absolute Gasteiger partial charge is 0.161 e. The zero-order valence-corrected chi connectivity index (χ0v) is 11.4. The van der Waals surface area contributed by atoms with Crippen molar-refractivity contribution in [3.8, 4) is 11.5 Å². The van der Waals surface area contributed by atoms with Crippen LogP contribution in [-0.2, 0) is 6.61 Å². The number of rotatable bonds is 7. The van der Waals surface area contributed by atoms with Crippen LogP contribution in [0.1, 0.15) is 25.8 Å². The minimum Gasteiger partial charge on any atom is -0.493 e. The fourth-order valence-electron chi connectivity index (χ4n) is 1.47. The number of hydrogen-bond donors (Lipinski definition) is 2. The Bertz CT molecular complexity index is 377. The summed E-state index contributed by atoms with van der Waals surface area (Å²) in [6.45, 7) is 5.46. The summed E-state index contributed by atoms with van der Waals surface area (Å²) < 4.78 is 10.9. The van der Waals surface area contributed by atoms with Crippen molar-refractivity contribution >= 4 is 0 Å². The first kappa shape index (κ1) is 14.8. The molecule has 0 spiro atoms. The lowest BCUT2D eigenvalue weighted by Crippen LogP contribution is -2.25. The Labute approximate surface area is 109 Å². The van der Waals surface area contributed by atoms with Crippen LogP contribution in [0.2, 0.25) is 0 Å². The Morgan fingerprint density at radius 2 is 2.00 bits per heavy atom. The molecule has 0 aliphatic carbocycles. The zero-order valence-electron chi connectivity index (χ0n) is 11.4. The van der Waals surface area contributed by atoms with Gasteiger partial charge in [-0.05, 0) is 36.1 Å². The number of methoxy groups -OCH3 is 1. The van der Waals surface area contributed by atoms with E-state index in [0.717, 1.165) is 12.0 Å². The van der Waals surface area contributed by atoms with Gasteiger partial charge in [0.1, 0.15) is 0 Å². The van der Waals surface area contributed by atoms with Crippen LogP contribution in [0.3, 0.4) is 0 Å². The molecule has 18 heavy (non-hydrogen) atoms. The van der Waals surface area contributed by atoms with E-state index in [9.17, 15) is 0 Å². The van der Waals surface area contributed by atoms with Gasteiger partial charge in [-0.25, -0.2) is 0 Å². The number of nitrogens with two attached hydrogens (primary N) is 1. The van der Waals surface area contributed by atoms with Crippen molar-refractivity contribution in [1.82, 2.24) is 0 Å². The van der Waals surface area contributed by atoms with Crippen LogP contribution in [0.15, 0.2) is 18.2 Å². The monoisotopic (exact) mass is 253 g/mol. The first-order valence-electron chi connectivity index (χ1n) is 6.13. The molecule has 0 amide bonds. The van der Waals surface area contributed by atoms with Crippen LogP contribution in [0, 0.1) is 5.41 Å². The molecule has 1 aromatic carbocycles. The number of hydrogen-bond acceptors (Lipinski definition) is 4. The molecule has 0 bridgehead atoms. The zero-order chi connectivity index (χ0) is 13.6. The van der Waals surface area contributed by atoms with E-state index in [1.807, 2.05) is 12.1 Å². The molecule has 0 atom stereocenters. The highest BCUT2D eigenvalue weighted by Crippen LogP contribution is 2.29. The van der Waals surface area contributed by atoms with E-state index in [2.05, 4.69) is 13.8 Å². The van der Waals surface area contributed by atoms with Gasteiger partial charge in [-0.2, -0.15) is 0 Å². The van der Waals surface area contributed by atoms with Gasteiger partial charge in [-0.15, -0.1) is 0 Å². The predicted octanol–water partition coefficient (Wildman–Crippen LogP) is 1.94. The molecule has 0 aliphatic rings. The second-order valence-corrected chi connectivity index (χ2v) is 5.11. The fourth-order valence-corrected chi connectivity index (χ4v) is 1.47. The molecule has 0 heterocycles. The maximum absolute atomic E-state index is 9.05. The SMILES string of the molecule is COc1cc(CO)ccc1OCCC(C)(C)CN. The molecular formula is C14H23NO3. The maximum Gasteiger partial charge on any atom is 0.161 e. The van der Waals surface area contributed by atoms with Crippen LogP contribution >= 0.6 is 0 Å². The Morgan fingerprint density at radius 1 is 1.28 bits per heavy atom. The lowest BCUT2D eigenvalue weighted by Gasteiger charge is -2.22. The van der Waals surface area contributed by atoms with E-state index < -0.39 is 0 Å². The van der Waals surface area contributed by atoms with Crippen molar-refractivity contribution in [2.24, 2.45) is 11.1 Å². The first-order chi connectivity index (χ1) is 8.52. The van der Waals surface area contributed by atoms with Crippen molar-refractivity contribution in [1.29, 1.82) is 0 Å². The third-order valence-corrected chi connectivity index (χ3v) is 3.00. The summed E-state index contributed by atoms with van der Waals surface area (Å²) in [5, 5.41) is 9.05. The van der Waals surface area contributed by atoms with E-state index in [1.165, 1.54) is 0 Å². The normalized spacial score (nSPS) is 11.4. The minimum absolute atomic E-state index is 0.00313. The third kappa shape index (κ3) is 4.20. The third-order valence-electron chi connectivity index (χ3n) is 3.00. The van der Waals surface area contributed by atoms with Gasteiger partial charge in [0.2, 0.25) is 0 Å². The second kappa shape index (κ2) is 6.61. The molecule has 0 saturated carbocycles. The highest BCUT2D eigenvalue weighted by Gasteiger charge is 2.15. The van der Waals surface area contributed by atoms with Crippen LogP contribution in [0.25, 0.3) is 0 Å². The van der Waals surface area contributed by atoms with Gasteiger partial charge >= 0.3 is 0 Å². The van der Waals surface area contributed by atoms with Gasteiger partial charge < -0.3 is 20.3 Å². The molecule has 0 saturated heterocycles. The van der Waals surface area contributed by atoms with Crippen molar-refractivity contribution < 1.29 is 14.6 Å². The Hall–Kier alpha value is -1.26. The topological polar surface area (TPSA) is 64.7 Å². The second-order valence-electron chi connectivity index (χ2n) is 5.11. The summed E-state index contributed by atoms with van der Waals surface area (Å²) in [5.74, 6) is 1.34.